The van der Waals surface area contributed by atoms with E-state index >= 15 is 0 Å². The molecule has 0 radical (unpaired) electrons. The predicted octanol–water partition coefficient (Wildman–Crippen LogP) is 6.15. The van der Waals surface area contributed by atoms with Gasteiger partial charge in [-0.3, -0.25) is 0 Å². The Hall–Kier alpha value is -0.560. The largest absolute Gasteiger partial charge is 0.328 e. The Bertz CT molecular complexity index is 250. The molecule has 1 nitrogen and oxygen atoms in total. The second kappa shape index (κ2) is 14.8. The van der Waals surface area contributed by atoms with Crippen LogP contribution >= 0.6 is 0 Å². The minimum absolute atomic E-state index is 0.292. The van der Waals surface area contributed by atoms with Crippen LogP contribution in [0.25, 0.3) is 0 Å². The summed E-state index contributed by atoms with van der Waals surface area (Å²) in [5.41, 5.74) is 7.27. The molecule has 0 fully saturated rings. The molecule has 2 N–H and O–H groups in total. The molecule has 1 atom stereocenters. The van der Waals surface area contributed by atoms with Gasteiger partial charge in [0.1, 0.15) is 0 Å². The number of hydrogen-bond acceptors (Lipinski definition) is 1. The van der Waals surface area contributed by atoms with Crippen LogP contribution in [0.2, 0.25) is 0 Å². The highest BCUT2D eigenvalue weighted by Crippen LogP contribution is 2.13. The fraction of sp³-hybridized carbons (Fsp3) is 0.789. The highest BCUT2D eigenvalue weighted by atomic mass is 14.6. The summed E-state index contributed by atoms with van der Waals surface area (Å²) in [6, 6.07) is 0.292. The Morgan fingerprint density at radius 1 is 0.950 bits per heavy atom. The Balaban J connectivity index is 3.40. The monoisotopic (exact) mass is 279 g/mol. The first-order chi connectivity index (χ1) is 9.66. The fourth-order valence-corrected chi connectivity index (χ4v) is 2.32. The quantitative estimate of drug-likeness (QED) is 0.318. The van der Waals surface area contributed by atoms with Crippen LogP contribution in [0.5, 0.6) is 0 Å². The second-order valence-electron chi connectivity index (χ2n) is 6.18. The number of hydrogen-bond donors (Lipinski definition) is 1. The van der Waals surface area contributed by atoms with Crippen molar-refractivity contribution in [1.82, 2.24) is 0 Å². The third-order valence-electron chi connectivity index (χ3n) is 3.68. The van der Waals surface area contributed by atoms with Crippen LogP contribution in [-0.2, 0) is 0 Å². The molecule has 1 heteroatoms. The topological polar surface area (TPSA) is 26.0 Å². The Morgan fingerprint density at radius 3 is 2.25 bits per heavy atom. The Kier molecular flexibility index (Phi) is 14.4. The van der Waals surface area contributed by atoms with E-state index in [4.69, 9.17) is 5.73 Å². The van der Waals surface area contributed by atoms with Gasteiger partial charge in [0.25, 0.3) is 0 Å². The van der Waals surface area contributed by atoms with Crippen molar-refractivity contribution in [1.29, 1.82) is 0 Å². The highest BCUT2D eigenvalue weighted by molar-refractivity contribution is 4.99. The summed E-state index contributed by atoms with van der Waals surface area (Å²) in [6.45, 7) is 6.61. The van der Waals surface area contributed by atoms with Crippen LogP contribution in [0.1, 0.15) is 91.4 Å². The van der Waals surface area contributed by atoms with Crippen molar-refractivity contribution in [2.75, 3.05) is 0 Å². The molecule has 0 spiro atoms. The summed E-state index contributed by atoms with van der Waals surface area (Å²) in [5, 5.41) is 0. The number of unbranched alkanes of at least 4 members (excludes halogenated alkanes) is 7. The molecule has 0 aromatic rings. The van der Waals surface area contributed by atoms with E-state index in [1.807, 2.05) is 0 Å². The van der Waals surface area contributed by atoms with Gasteiger partial charge in [0.05, 0.1) is 0 Å². The van der Waals surface area contributed by atoms with Gasteiger partial charge in [0, 0.05) is 6.04 Å². The van der Waals surface area contributed by atoms with E-state index in [1.165, 1.54) is 57.8 Å². The molecule has 0 bridgehead atoms. The SMILES string of the molecule is CCCCCCCCCC(C)=CCCC=CCC(C)N. The fourth-order valence-electron chi connectivity index (χ4n) is 2.32. The van der Waals surface area contributed by atoms with Gasteiger partial charge in [-0.25, -0.2) is 0 Å². The zero-order chi connectivity index (χ0) is 15.1. The van der Waals surface area contributed by atoms with Crippen molar-refractivity contribution in [3.63, 3.8) is 0 Å². The summed E-state index contributed by atoms with van der Waals surface area (Å²) >= 11 is 0. The molecular formula is C19H37N. The average Bonchev–Trinajstić information content (AvgIpc) is 2.41. The lowest BCUT2D eigenvalue weighted by molar-refractivity contribution is 0.588. The van der Waals surface area contributed by atoms with Gasteiger partial charge in [-0.2, -0.15) is 0 Å². The molecule has 0 aromatic heterocycles. The Labute approximate surface area is 127 Å². The molecule has 0 saturated heterocycles. The van der Waals surface area contributed by atoms with Gasteiger partial charge in [0.2, 0.25) is 0 Å². The summed E-state index contributed by atoms with van der Waals surface area (Å²) in [4.78, 5) is 0. The van der Waals surface area contributed by atoms with Gasteiger partial charge in [-0.05, 0) is 46.0 Å². The normalized spacial score (nSPS) is 14.1. The molecule has 118 valence electrons. The van der Waals surface area contributed by atoms with Crippen molar-refractivity contribution in [3.8, 4) is 0 Å². The van der Waals surface area contributed by atoms with Gasteiger partial charge in [-0.1, -0.05) is 69.2 Å². The molecule has 0 rings (SSSR count). The van der Waals surface area contributed by atoms with Gasteiger partial charge in [-0.15, -0.1) is 0 Å². The molecule has 0 aromatic carbocycles. The highest BCUT2D eigenvalue weighted by Gasteiger charge is 1.93. The van der Waals surface area contributed by atoms with Crippen LogP contribution in [0.15, 0.2) is 23.8 Å². The number of rotatable bonds is 13. The van der Waals surface area contributed by atoms with Gasteiger partial charge >= 0.3 is 0 Å². The van der Waals surface area contributed by atoms with E-state index < -0.39 is 0 Å². The van der Waals surface area contributed by atoms with E-state index in [1.54, 1.807) is 5.57 Å². The first-order valence-electron chi connectivity index (χ1n) is 8.73. The lowest BCUT2D eigenvalue weighted by atomic mass is 10.0. The molecule has 0 heterocycles. The molecule has 0 aliphatic carbocycles. The van der Waals surface area contributed by atoms with Crippen molar-refractivity contribution < 1.29 is 0 Å². The van der Waals surface area contributed by atoms with Gasteiger partial charge < -0.3 is 5.73 Å². The molecule has 0 saturated carbocycles. The van der Waals surface area contributed by atoms with Crippen LogP contribution < -0.4 is 5.73 Å². The second-order valence-corrected chi connectivity index (χ2v) is 6.18. The van der Waals surface area contributed by atoms with Crippen molar-refractivity contribution in [3.05, 3.63) is 23.8 Å². The van der Waals surface area contributed by atoms with Crippen LogP contribution in [0.3, 0.4) is 0 Å². The van der Waals surface area contributed by atoms with Crippen molar-refractivity contribution in [2.45, 2.75) is 97.4 Å². The molecule has 0 amide bonds. The maximum absolute atomic E-state index is 5.70. The van der Waals surface area contributed by atoms with E-state index in [0.29, 0.717) is 6.04 Å². The predicted molar refractivity (Wildman–Crippen MR) is 93.0 cm³/mol. The summed E-state index contributed by atoms with van der Waals surface area (Å²) in [7, 11) is 0. The van der Waals surface area contributed by atoms with E-state index in [2.05, 4.69) is 39.0 Å². The third kappa shape index (κ3) is 15.5. The maximum Gasteiger partial charge on any atom is 0.00449 e. The molecule has 0 aliphatic heterocycles. The van der Waals surface area contributed by atoms with E-state index in [9.17, 15) is 0 Å². The molecule has 20 heavy (non-hydrogen) atoms. The maximum atomic E-state index is 5.70. The minimum atomic E-state index is 0.292. The van der Waals surface area contributed by atoms with Crippen LogP contribution in [0, 0.1) is 0 Å². The standard InChI is InChI=1S/C19H37N/c1-4-5-6-7-8-9-12-15-18(2)16-13-10-11-14-17-19(3)20/h11,14,16,19H,4-10,12-13,15,17,20H2,1-3H3. The summed E-state index contributed by atoms with van der Waals surface area (Å²) in [6.07, 6.45) is 21.3. The van der Waals surface area contributed by atoms with E-state index in [-0.39, 0.29) is 0 Å². The lowest BCUT2D eigenvalue weighted by Gasteiger charge is -2.02. The van der Waals surface area contributed by atoms with E-state index in [0.717, 1.165) is 12.8 Å². The third-order valence-corrected chi connectivity index (χ3v) is 3.68. The average molecular weight is 280 g/mol. The zero-order valence-electron chi connectivity index (χ0n) is 14.2. The van der Waals surface area contributed by atoms with Crippen LogP contribution in [0.4, 0.5) is 0 Å². The smallest absolute Gasteiger partial charge is 0.00449 e. The molecule has 1 unspecified atom stereocenters. The first-order valence-corrected chi connectivity index (χ1v) is 8.73. The Morgan fingerprint density at radius 2 is 1.60 bits per heavy atom. The number of allylic oxidation sites excluding steroid dienone is 3. The zero-order valence-corrected chi connectivity index (χ0v) is 14.2. The minimum Gasteiger partial charge on any atom is -0.328 e. The molecule has 0 aliphatic rings. The van der Waals surface area contributed by atoms with Crippen molar-refractivity contribution in [2.24, 2.45) is 5.73 Å². The molecular weight excluding hydrogens is 242 g/mol. The van der Waals surface area contributed by atoms with Crippen molar-refractivity contribution >= 4 is 0 Å². The van der Waals surface area contributed by atoms with Crippen LogP contribution in [-0.4, -0.2) is 6.04 Å². The number of nitrogens with two attached hydrogens (primary N) is 1. The summed E-state index contributed by atoms with van der Waals surface area (Å²) < 4.78 is 0. The lowest BCUT2D eigenvalue weighted by Crippen LogP contribution is -2.12. The first kappa shape index (κ1) is 19.4. The summed E-state index contributed by atoms with van der Waals surface area (Å²) in [5.74, 6) is 0. The van der Waals surface area contributed by atoms with Gasteiger partial charge in [0.15, 0.2) is 0 Å².